The Bertz CT molecular complexity index is 1320. The average molecular weight is 522 g/mol. The van der Waals surface area contributed by atoms with Crippen LogP contribution < -0.4 is 0 Å². The molecule has 0 aromatic heterocycles. The first-order valence-corrected chi connectivity index (χ1v) is 13.9. The van der Waals surface area contributed by atoms with E-state index in [1.807, 2.05) is 18.2 Å². The van der Waals surface area contributed by atoms with Crippen LogP contribution in [-0.2, 0) is 0 Å². The van der Waals surface area contributed by atoms with Crippen LogP contribution in [0.5, 0.6) is 0 Å². The molecule has 0 unspecified atom stereocenters. The van der Waals surface area contributed by atoms with Crippen molar-refractivity contribution < 1.29 is 5.11 Å². The lowest BCUT2D eigenvalue weighted by Gasteiger charge is -2.30. The fraction of sp³-hybridized carbons (Fsp3) is 0.105. The predicted octanol–water partition coefficient (Wildman–Crippen LogP) is 8.29. The summed E-state index contributed by atoms with van der Waals surface area (Å²) < 4.78 is 0. The van der Waals surface area contributed by atoms with Gasteiger partial charge in [-0.2, -0.15) is 0 Å². The van der Waals surface area contributed by atoms with E-state index in [1.54, 1.807) is 0 Å². The third kappa shape index (κ3) is 6.92. The Kier molecular flexibility index (Phi) is 9.51. The standard InChI is InChI=1S/C38H35NO/c40-30-38(35-24-14-5-15-25-35)39(28-26-36(31-16-6-1-7-17-31)32-18-8-2-9-19-32)29-27-37(33-20-10-3-11-21-33)34-22-12-4-13-23-34/h1-27,38,40H,28-30H2/t38-/m1/s1. The maximum atomic E-state index is 10.7. The largest absolute Gasteiger partial charge is 0.394 e. The molecule has 40 heavy (non-hydrogen) atoms. The molecular weight excluding hydrogens is 486 g/mol. The van der Waals surface area contributed by atoms with Crippen molar-refractivity contribution in [1.82, 2.24) is 4.90 Å². The summed E-state index contributed by atoms with van der Waals surface area (Å²) >= 11 is 0. The summed E-state index contributed by atoms with van der Waals surface area (Å²) in [6.45, 7) is 1.38. The molecule has 1 N–H and O–H groups in total. The molecule has 0 aliphatic carbocycles. The van der Waals surface area contributed by atoms with E-state index in [1.165, 1.54) is 33.4 Å². The second-order valence-electron chi connectivity index (χ2n) is 9.76. The van der Waals surface area contributed by atoms with Crippen molar-refractivity contribution in [1.29, 1.82) is 0 Å². The maximum absolute atomic E-state index is 10.7. The molecule has 0 radical (unpaired) electrons. The summed E-state index contributed by atoms with van der Waals surface area (Å²) in [5, 5.41) is 10.7. The molecule has 0 aliphatic heterocycles. The van der Waals surface area contributed by atoms with Gasteiger partial charge in [-0.1, -0.05) is 164 Å². The zero-order valence-corrected chi connectivity index (χ0v) is 22.7. The predicted molar refractivity (Wildman–Crippen MR) is 168 cm³/mol. The van der Waals surface area contributed by atoms with Crippen molar-refractivity contribution in [2.75, 3.05) is 19.7 Å². The number of benzene rings is 5. The van der Waals surface area contributed by atoms with Crippen molar-refractivity contribution in [3.05, 3.63) is 192 Å². The lowest BCUT2D eigenvalue weighted by atomic mass is 9.96. The Morgan fingerprint density at radius 2 is 0.775 bits per heavy atom. The van der Waals surface area contributed by atoms with Gasteiger partial charge >= 0.3 is 0 Å². The highest BCUT2D eigenvalue weighted by molar-refractivity contribution is 5.80. The third-order valence-electron chi connectivity index (χ3n) is 7.20. The lowest BCUT2D eigenvalue weighted by Crippen LogP contribution is -2.32. The van der Waals surface area contributed by atoms with Crippen LogP contribution in [0.3, 0.4) is 0 Å². The molecule has 0 aliphatic rings. The van der Waals surface area contributed by atoms with E-state index in [4.69, 9.17) is 0 Å². The van der Waals surface area contributed by atoms with Gasteiger partial charge in [0.25, 0.3) is 0 Å². The first-order chi connectivity index (χ1) is 19.8. The Morgan fingerprint density at radius 3 is 1.07 bits per heavy atom. The van der Waals surface area contributed by atoms with Crippen LogP contribution >= 0.6 is 0 Å². The second-order valence-corrected chi connectivity index (χ2v) is 9.76. The minimum atomic E-state index is -0.144. The molecule has 0 bridgehead atoms. The minimum absolute atomic E-state index is 0.0315. The second kappa shape index (κ2) is 14.0. The van der Waals surface area contributed by atoms with Crippen LogP contribution in [0.15, 0.2) is 164 Å². The molecule has 5 aromatic carbocycles. The molecule has 1 atom stereocenters. The maximum Gasteiger partial charge on any atom is 0.0628 e. The van der Waals surface area contributed by atoms with Gasteiger partial charge in [0.2, 0.25) is 0 Å². The van der Waals surface area contributed by atoms with Gasteiger partial charge in [0.1, 0.15) is 0 Å². The summed E-state index contributed by atoms with van der Waals surface area (Å²) in [6, 6.07) is 52.3. The van der Waals surface area contributed by atoms with Crippen molar-refractivity contribution >= 4 is 11.1 Å². The van der Waals surface area contributed by atoms with Crippen LogP contribution in [0.25, 0.3) is 11.1 Å². The van der Waals surface area contributed by atoms with Crippen molar-refractivity contribution in [3.8, 4) is 0 Å². The summed E-state index contributed by atoms with van der Waals surface area (Å²) in [5.41, 5.74) is 8.20. The molecule has 2 nitrogen and oxygen atoms in total. The van der Waals surface area contributed by atoms with Crippen LogP contribution in [0, 0.1) is 0 Å². The number of hydrogen-bond donors (Lipinski definition) is 1. The van der Waals surface area contributed by atoms with E-state index in [2.05, 4.69) is 151 Å². The number of hydrogen-bond acceptors (Lipinski definition) is 2. The molecule has 198 valence electrons. The first kappa shape index (κ1) is 27.1. The Hall–Kier alpha value is -4.50. The van der Waals surface area contributed by atoms with E-state index in [0.717, 1.165) is 5.56 Å². The van der Waals surface area contributed by atoms with Gasteiger partial charge in [0, 0.05) is 13.1 Å². The molecule has 0 spiro atoms. The van der Waals surface area contributed by atoms with Gasteiger partial charge in [-0.25, -0.2) is 0 Å². The SMILES string of the molecule is OC[C@H](c1ccccc1)N(CC=C(c1ccccc1)c1ccccc1)CC=C(c1ccccc1)c1ccccc1. The Balaban J connectivity index is 1.55. The highest BCUT2D eigenvalue weighted by Crippen LogP contribution is 2.28. The summed E-state index contributed by atoms with van der Waals surface area (Å²) in [7, 11) is 0. The lowest BCUT2D eigenvalue weighted by molar-refractivity contribution is 0.146. The normalized spacial score (nSPS) is 11.6. The van der Waals surface area contributed by atoms with Gasteiger partial charge in [-0.05, 0) is 39.0 Å². The van der Waals surface area contributed by atoms with Crippen LogP contribution in [0.4, 0.5) is 0 Å². The molecule has 5 aromatic rings. The van der Waals surface area contributed by atoms with Crippen LogP contribution in [0.1, 0.15) is 33.9 Å². The number of nitrogens with zero attached hydrogens (tertiary/aromatic N) is 1. The highest BCUT2D eigenvalue weighted by Gasteiger charge is 2.19. The van der Waals surface area contributed by atoms with E-state index < -0.39 is 0 Å². The molecule has 5 rings (SSSR count). The molecule has 2 heteroatoms. The highest BCUT2D eigenvalue weighted by atomic mass is 16.3. The quantitative estimate of drug-likeness (QED) is 0.189. The van der Waals surface area contributed by atoms with E-state index in [9.17, 15) is 5.11 Å². The molecule has 0 fully saturated rings. The van der Waals surface area contributed by atoms with Gasteiger partial charge < -0.3 is 5.11 Å². The van der Waals surface area contributed by atoms with Gasteiger partial charge in [0.15, 0.2) is 0 Å². The van der Waals surface area contributed by atoms with Crippen LogP contribution in [-0.4, -0.2) is 29.7 Å². The average Bonchev–Trinajstić information content (AvgIpc) is 3.04. The number of rotatable bonds is 11. The topological polar surface area (TPSA) is 23.5 Å². The first-order valence-electron chi connectivity index (χ1n) is 13.9. The van der Waals surface area contributed by atoms with Gasteiger partial charge in [0.05, 0.1) is 12.6 Å². The van der Waals surface area contributed by atoms with E-state index in [0.29, 0.717) is 13.1 Å². The number of aliphatic hydroxyl groups is 1. The Labute approximate surface area is 238 Å². The van der Waals surface area contributed by atoms with E-state index >= 15 is 0 Å². The van der Waals surface area contributed by atoms with Gasteiger partial charge in [-0.3, -0.25) is 4.90 Å². The molecule has 0 saturated carbocycles. The zero-order chi connectivity index (χ0) is 27.4. The van der Waals surface area contributed by atoms with E-state index in [-0.39, 0.29) is 12.6 Å². The Morgan fingerprint density at radius 1 is 0.475 bits per heavy atom. The molecule has 0 saturated heterocycles. The van der Waals surface area contributed by atoms with Crippen molar-refractivity contribution in [2.45, 2.75) is 6.04 Å². The van der Waals surface area contributed by atoms with Crippen molar-refractivity contribution in [2.24, 2.45) is 0 Å². The minimum Gasteiger partial charge on any atom is -0.394 e. The smallest absolute Gasteiger partial charge is 0.0628 e. The fourth-order valence-corrected chi connectivity index (χ4v) is 5.13. The van der Waals surface area contributed by atoms with Crippen molar-refractivity contribution in [3.63, 3.8) is 0 Å². The third-order valence-corrected chi connectivity index (χ3v) is 7.20. The van der Waals surface area contributed by atoms with Crippen LogP contribution in [0.2, 0.25) is 0 Å². The summed E-state index contributed by atoms with van der Waals surface area (Å²) in [5.74, 6) is 0. The molecule has 0 heterocycles. The molecular formula is C38H35NO. The van der Waals surface area contributed by atoms with Gasteiger partial charge in [-0.15, -0.1) is 0 Å². The summed E-state index contributed by atoms with van der Waals surface area (Å²) in [6.07, 6.45) is 4.60. The zero-order valence-electron chi connectivity index (χ0n) is 22.7. The molecule has 0 amide bonds. The summed E-state index contributed by atoms with van der Waals surface area (Å²) in [4.78, 5) is 2.35. The fourth-order valence-electron chi connectivity index (χ4n) is 5.13. The monoisotopic (exact) mass is 521 g/mol. The number of aliphatic hydroxyl groups excluding tert-OH is 1.